The van der Waals surface area contributed by atoms with E-state index in [1.165, 1.54) is 24.4 Å². The van der Waals surface area contributed by atoms with Crippen LogP contribution in [-0.2, 0) is 0 Å². The molecule has 1 amide bonds. The van der Waals surface area contributed by atoms with Crippen molar-refractivity contribution >= 4 is 29.0 Å². The lowest BCUT2D eigenvalue weighted by molar-refractivity contribution is 0.102. The molecule has 0 bridgehead atoms. The van der Waals surface area contributed by atoms with Gasteiger partial charge < -0.3 is 10.7 Å². The molecule has 0 aliphatic rings. The molecule has 0 fully saturated rings. The largest absolute Gasteiger partial charge is 0.319 e. The number of aromatic nitrogens is 1. The van der Waals surface area contributed by atoms with Crippen LogP contribution in [-0.4, -0.2) is 10.9 Å². The van der Waals surface area contributed by atoms with Gasteiger partial charge in [0, 0.05) is 11.2 Å². The molecule has 0 aliphatic carbocycles. The number of amides is 1. The van der Waals surface area contributed by atoms with Crippen LogP contribution in [0.25, 0.3) is 0 Å². The van der Waals surface area contributed by atoms with Gasteiger partial charge in [0.2, 0.25) is 0 Å². The van der Waals surface area contributed by atoms with E-state index in [4.69, 9.17) is 17.4 Å². The van der Waals surface area contributed by atoms with Gasteiger partial charge in [-0.1, -0.05) is 11.6 Å². The number of benzene rings is 1. The zero-order chi connectivity index (χ0) is 13.8. The van der Waals surface area contributed by atoms with E-state index >= 15 is 0 Å². The summed E-state index contributed by atoms with van der Waals surface area (Å²) in [7, 11) is 0. The van der Waals surface area contributed by atoms with E-state index in [2.05, 4.69) is 15.7 Å². The van der Waals surface area contributed by atoms with E-state index in [0.29, 0.717) is 0 Å². The second-order valence-electron chi connectivity index (χ2n) is 3.62. The summed E-state index contributed by atoms with van der Waals surface area (Å²) in [4.78, 5) is 15.9. The van der Waals surface area contributed by atoms with E-state index < -0.39 is 11.7 Å². The normalized spacial score (nSPS) is 10.1. The van der Waals surface area contributed by atoms with Crippen molar-refractivity contribution < 1.29 is 9.18 Å². The van der Waals surface area contributed by atoms with Crippen LogP contribution >= 0.6 is 11.6 Å². The number of rotatable bonds is 3. The molecular weight excluding hydrogens is 271 g/mol. The van der Waals surface area contributed by atoms with Gasteiger partial charge in [-0.05, 0) is 30.3 Å². The number of nitrogen functional groups attached to an aromatic ring is 1. The minimum Gasteiger partial charge on any atom is -0.319 e. The summed E-state index contributed by atoms with van der Waals surface area (Å²) in [5.74, 6) is 4.31. The molecule has 1 heterocycles. The average molecular weight is 281 g/mol. The third kappa shape index (κ3) is 2.98. The Balaban J connectivity index is 2.26. The molecule has 98 valence electrons. The molecular formula is C12H10ClFN4O. The first-order valence-corrected chi connectivity index (χ1v) is 5.67. The Bertz CT molecular complexity index is 620. The molecule has 0 aliphatic heterocycles. The third-order valence-corrected chi connectivity index (χ3v) is 2.60. The molecule has 5 nitrogen and oxygen atoms in total. The van der Waals surface area contributed by atoms with Crippen LogP contribution in [0, 0.1) is 5.82 Å². The first-order chi connectivity index (χ1) is 9.11. The van der Waals surface area contributed by atoms with Crippen molar-refractivity contribution in [3.63, 3.8) is 0 Å². The van der Waals surface area contributed by atoms with Crippen LogP contribution in [0.4, 0.5) is 15.9 Å². The monoisotopic (exact) mass is 280 g/mol. The molecule has 0 saturated carbocycles. The Morgan fingerprint density at radius 2 is 2.16 bits per heavy atom. The maximum Gasteiger partial charge on any atom is 0.259 e. The number of nitrogens with zero attached hydrogens (tertiary/aromatic N) is 1. The Kier molecular flexibility index (Phi) is 3.94. The van der Waals surface area contributed by atoms with Crippen molar-refractivity contribution in [2.24, 2.45) is 5.84 Å². The first kappa shape index (κ1) is 13.3. The molecule has 2 aromatic rings. The van der Waals surface area contributed by atoms with Gasteiger partial charge in [0.05, 0.1) is 11.3 Å². The molecule has 0 saturated heterocycles. The fourth-order valence-electron chi connectivity index (χ4n) is 1.48. The number of hydrogen-bond donors (Lipinski definition) is 3. The number of nitrogens with one attached hydrogen (secondary N) is 2. The second-order valence-corrected chi connectivity index (χ2v) is 4.06. The van der Waals surface area contributed by atoms with E-state index in [0.717, 1.165) is 6.07 Å². The number of pyridine rings is 1. The van der Waals surface area contributed by atoms with Crippen LogP contribution in [0.15, 0.2) is 36.5 Å². The van der Waals surface area contributed by atoms with Gasteiger partial charge in [-0.2, -0.15) is 0 Å². The molecule has 0 radical (unpaired) electrons. The number of carbonyl (C=O) groups excluding carboxylic acids is 1. The molecule has 0 unspecified atom stereocenters. The van der Waals surface area contributed by atoms with Crippen molar-refractivity contribution in [2.45, 2.75) is 0 Å². The van der Waals surface area contributed by atoms with Crippen LogP contribution in [0.5, 0.6) is 0 Å². The Hall–Kier alpha value is -2.18. The van der Waals surface area contributed by atoms with Crippen molar-refractivity contribution in [3.05, 3.63) is 52.9 Å². The predicted octanol–water partition coefficient (Wildman–Crippen LogP) is 2.41. The third-order valence-electron chi connectivity index (χ3n) is 2.37. The zero-order valence-electron chi connectivity index (χ0n) is 9.65. The minimum atomic E-state index is -0.619. The number of anilines is 2. The summed E-state index contributed by atoms with van der Waals surface area (Å²) in [5.41, 5.74) is 2.54. The maximum absolute atomic E-state index is 13.6. The maximum atomic E-state index is 13.6. The van der Waals surface area contributed by atoms with Crippen molar-refractivity contribution in [3.8, 4) is 0 Å². The lowest BCUT2D eigenvalue weighted by atomic mass is 10.2. The van der Waals surface area contributed by atoms with E-state index in [-0.39, 0.29) is 22.1 Å². The summed E-state index contributed by atoms with van der Waals surface area (Å²) in [6.07, 6.45) is 1.48. The van der Waals surface area contributed by atoms with Gasteiger partial charge in [0.1, 0.15) is 5.82 Å². The van der Waals surface area contributed by atoms with Crippen LogP contribution in [0.2, 0.25) is 5.02 Å². The highest BCUT2D eigenvalue weighted by molar-refractivity contribution is 6.30. The fraction of sp³-hybridized carbons (Fsp3) is 0. The standard InChI is InChI=1S/C12H10ClFN4O/c13-7-3-4-10(9(14)6-7)17-12(19)8-2-1-5-16-11(8)18-15/h1-6H,15H2,(H,16,18)(H,17,19). The molecule has 1 aromatic carbocycles. The van der Waals surface area contributed by atoms with Crippen LogP contribution < -0.4 is 16.6 Å². The van der Waals surface area contributed by atoms with E-state index in [9.17, 15) is 9.18 Å². The molecule has 7 heteroatoms. The van der Waals surface area contributed by atoms with Crippen LogP contribution in [0.3, 0.4) is 0 Å². The highest BCUT2D eigenvalue weighted by atomic mass is 35.5. The summed E-state index contributed by atoms with van der Waals surface area (Å²) in [6.45, 7) is 0. The molecule has 4 N–H and O–H groups in total. The van der Waals surface area contributed by atoms with Gasteiger partial charge in [0.25, 0.3) is 5.91 Å². The fourth-order valence-corrected chi connectivity index (χ4v) is 1.64. The van der Waals surface area contributed by atoms with Crippen molar-refractivity contribution in [2.75, 3.05) is 10.7 Å². The van der Waals surface area contributed by atoms with Gasteiger partial charge in [-0.3, -0.25) is 4.79 Å². The lowest BCUT2D eigenvalue weighted by Gasteiger charge is -2.09. The van der Waals surface area contributed by atoms with E-state index in [1.807, 2.05) is 0 Å². The number of carbonyl (C=O) groups is 1. The number of halogens is 2. The summed E-state index contributed by atoms with van der Waals surface area (Å²) >= 11 is 5.63. The van der Waals surface area contributed by atoms with Gasteiger partial charge >= 0.3 is 0 Å². The summed E-state index contributed by atoms with van der Waals surface area (Å²) in [5, 5.41) is 2.67. The summed E-state index contributed by atoms with van der Waals surface area (Å²) in [6, 6.07) is 7.06. The first-order valence-electron chi connectivity index (χ1n) is 5.30. The Morgan fingerprint density at radius 1 is 1.37 bits per heavy atom. The Morgan fingerprint density at radius 3 is 2.84 bits per heavy atom. The summed E-state index contributed by atoms with van der Waals surface area (Å²) < 4.78 is 13.6. The lowest BCUT2D eigenvalue weighted by Crippen LogP contribution is -2.18. The molecule has 0 spiro atoms. The molecule has 1 aromatic heterocycles. The highest BCUT2D eigenvalue weighted by Crippen LogP contribution is 2.20. The quantitative estimate of drug-likeness (QED) is 0.596. The SMILES string of the molecule is NNc1ncccc1C(=O)Nc1ccc(Cl)cc1F. The number of hydrazine groups is 1. The van der Waals surface area contributed by atoms with E-state index in [1.54, 1.807) is 6.07 Å². The second kappa shape index (κ2) is 5.64. The average Bonchev–Trinajstić information content (AvgIpc) is 2.41. The highest BCUT2D eigenvalue weighted by Gasteiger charge is 2.13. The number of nitrogens with two attached hydrogens (primary N) is 1. The van der Waals surface area contributed by atoms with Gasteiger partial charge in [-0.25, -0.2) is 15.2 Å². The molecule has 19 heavy (non-hydrogen) atoms. The smallest absolute Gasteiger partial charge is 0.259 e. The van der Waals surface area contributed by atoms with Gasteiger partial charge in [-0.15, -0.1) is 0 Å². The van der Waals surface area contributed by atoms with Crippen molar-refractivity contribution in [1.29, 1.82) is 0 Å². The zero-order valence-corrected chi connectivity index (χ0v) is 10.4. The van der Waals surface area contributed by atoms with Gasteiger partial charge in [0.15, 0.2) is 5.82 Å². The minimum absolute atomic E-state index is 0.0289. The number of hydrogen-bond acceptors (Lipinski definition) is 4. The topological polar surface area (TPSA) is 80.0 Å². The predicted molar refractivity (Wildman–Crippen MR) is 71.4 cm³/mol. The molecule has 0 atom stereocenters. The van der Waals surface area contributed by atoms with Crippen LogP contribution in [0.1, 0.15) is 10.4 Å². The molecule has 2 rings (SSSR count). The van der Waals surface area contributed by atoms with Crippen molar-refractivity contribution in [1.82, 2.24) is 4.98 Å². The Labute approximate surface area is 113 Å².